The van der Waals surface area contributed by atoms with Crippen molar-refractivity contribution < 1.29 is 22.7 Å². The average Bonchev–Trinajstić information content (AvgIpc) is 2.91. The minimum absolute atomic E-state index is 0.0668. The second kappa shape index (κ2) is 13.8. The van der Waals surface area contributed by atoms with Crippen molar-refractivity contribution in [3.63, 3.8) is 0 Å². The number of nitrogens with one attached hydrogen (secondary N) is 1. The molecular formula is C30H36BrN3O5S. The van der Waals surface area contributed by atoms with Crippen LogP contribution in [-0.2, 0) is 26.2 Å². The van der Waals surface area contributed by atoms with Crippen molar-refractivity contribution in [3.05, 3.63) is 88.4 Å². The van der Waals surface area contributed by atoms with E-state index in [0.29, 0.717) is 22.3 Å². The van der Waals surface area contributed by atoms with E-state index in [2.05, 4.69) is 21.2 Å². The minimum Gasteiger partial charge on any atom is -0.497 e. The molecule has 1 unspecified atom stereocenters. The zero-order valence-corrected chi connectivity index (χ0v) is 25.8. The molecule has 1 atom stereocenters. The Morgan fingerprint density at radius 2 is 1.65 bits per heavy atom. The first-order valence-corrected chi connectivity index (χ1v) is 15.3. The van der Waals surface area contributed by atoms with Gasteiger partial charge in [-0.2, -0.15) is 0 Å². The van der Waals surface area contributed by atoms with Gasteiger partial charge in [0, 0.05) is 17.1 Å². The Kier molecular flexibility index (Phi) is 10.8. The third-order valence-corrected chi connectivity index (χ3v) is 8.59. The SMILES string of the molecule is CCC(C(=O)NC(C)C)N(Cc1ccc(OC)cc1)C(=O)CN(c1cccc(Br)c1)S(=O)(=O)c1ccc(C)cc1. The third kappa shape index (κ3) is 7.85. The quantitative estimate of drug-likeness (QED) is 0.294. The zero-order chi connectivity index (χ0) is 29.4. The van der Waals surface area contributed by atoms with Gasteiger partial charge in [-0.05, 0) is 75.2 Å². The highest BCUT2D eigenvalue weighted by molar-refractivity contribution is 9.10. The van der Waals surface area contributed by atoms with E-state index in [1.807, 2.05) is 39.8 Å². The van der Waals surface area contributed by atoms with E-state index in [9.17, 15) is 18.0 Å². The Labute approximate surface area is 245 Å². The summed E-state index contributed by atoms with van der Waals surface area (Å²) < 4.78 is 34.8. The van der Waals surface area contributed by atoms with Crippen LogP contribution in [0.5, 0.6) is 5.75 Å². The van der Waals surface area contributed by atoms with Crippen molar-refractivity contribution in [1.82, 2.24) is 10.2 Å². The first kappa shape index (κ1) is 31.2. The summed E-state index contributed by atoms with van der Waals surface area (Å²) >= 11 is 3.41. The van der Waals surface area contributed by atoms with Gasteiger partial charge in [0.2, 0.25) is 11.8 Å². The third-order valence-electron chi connectivity index (χ3n) is 6.31. The number of sulfonamides is 1. The highest BCUT2D eigenvalue weighted by Gasteiger charge is 2.34. The Morgan fingerprint density at radius 1 is 1.00 bits per heavy atom. The van der Waals surface area contributed by atoms with Gasteiger partial charge in [0.15, 0.2) is 0 Å². The molecule has 40 heavy (non-hydrogen) atoms. The van der Waals surface area contributed by atoms with Gasteiger partial charge in [0.25, 0.3) is 10.0 Å². The Balaban J connectivity index is 2.06. The molecule has 0 aliphatic carbocycles. The van der Waals surface area contributed by atoms with Crippen molar-refractivity contribution in [3.8, 4) is 5.75 Å². The van der Waals surface area contributed by atoms with Crippen molar-refractivity contribution in [2.24, 2.45) is 0 Å². The van der Waals surface area contributed by atoms with Crippen LogP contribution in [0.3, 0.4) is 0 Å². The summed E-state index contributed by atoms with van der Waals surface area (Å²) in [4.78, 5) is 28.8. The number of amides is 2. The summed E-state index contributed by atoms with van der Waals surface area (Å²) in [5.41, 5.74) is 2.02. The monoisotopic (exact) mass is 629 g/mol. The van der Waals surface area contributed by atoms with E-state index in [0.717, 1.165) is 15.4 Å². The summed E-state index contributed by atoms with van der Waals surface area (Å²) in [6, 6.07) is 19.5. The topological polar surface area (TPSA) is 96.0 Å². The van der Waals surface area contributed by atoms with E-state index >= 15 is 0 Å². The summed E-state index contributed by atoms with van der Waals surface area (Å²) in [7, 11) is -2.55. The Morgan fingerprint density at radius 3 is 2.20 bits per heavy atom. The first-order chi connectivity index (χ1) is 19.0. The molecule has 0 aromatic heterocycles. The molecule has 3 aromatic rings. The predicted molar refractivity (Wildman–Crippen MR) is 161 cm³/mol. The van der Waals surface area contributed by atoms with E-state index in [-0.39, 0.29) is 23.4 Å². The molecule has 3 rings (SSSR count). The lowest BCUT2D eigenvalue weighted by Crippen LogP contribution is -2.53. The van der Waals surface area contributed by atoms with Crippen molar-refractivity contribution >= 4 is 43.5 Å². The van der Waals surface area contributed by atoms with Crippen LogP contribution in [0.25, 0.3) is 0 Å². The van der Waals surface area contributed by atoms with E-state index in [4.69, 9.17) is 4.74 Å². The molecule has 0 heterocycles. The van der Waals surface area contributed by atoms with Gasteiger partial charge in [-0.1, -0.05) is 58.7 Å². The number of hydrogen-bond acceptors (Lipinski definition) is 5. The molecule has 8 nitrogen and oxygen atoms in total. The number of carbonyl (C=O) groups is 2. The standard InChI is InChI=1S/C30H36BrN3O5S/c1-6-28(30(36)32-21(2)3)33(19-23-12-14-26(39-5)15-13-23)29(35)20-34(25-9-7-8-24(31)18-25)40(37,38)27-16-10-22(4)11-17-27/h7-18,21,28H,6,19-20H2,1-5H3,(H,32,36). The molecule has 0 spiro atoms. The van der Waals surface area contributed by atoms with Crippen LogP contribution in [0.1, 0.15) is 38.3 Å². The van der Waals surface area contributed by atoms with Gasteiger partial charge in [0.05, 0.1) is 17.7 Å². The highest BCUT2D eigenvalue weighted by atomic mass is 79.9. The predicted octanol–water partition coefficient (Wildman–Crippen LogP) is 5.29. The van der Waals surface area contributed by atoms with E-state index in [1.54, 1.807) is 55.6 Å². The Bertz CT molecular complexity index is 1410. The lowest BCUT2D eigenvalue weighted by molar-refractivity contribution is -0.140. The molecule has 0 fully saturated rings. The van der Waals surface area contributed by atoms with Gasteiger partial charge < -0.3 is 15.0 Å². The van der Waals surface area contributed by atoms with Crippen LogP contribution >= 0.6 is 15.9 Å². The number of hydrogen-bond donors (Lipinski definition) is 1. The van der Waals surface area contributed by atoms with Gasteiger partial charge in [-0.25, -0.2) is 8.42 Å². The molecule has 0 aliphatic rings. The molecule has 0 saturated carbocycles. The molecular weight excluding hydrogens is 594 g/mol. The molecule has 2 amide bonds. The van der Waals surface area contributed by atoms with Crippen LogP contribution in [0.15, 0.2) is 82.2 Å². The van der Waals surface area contributed by atoms with Crippen molar-refractivity contribution in [2.45, 2.75) is 57.6 Å². The zero-order valence-electron chi connectivity index (χ0n) is 23.4. The second-order valence-electron chi connectivity index (χ2n) is 9.76. The van der Waals surface area contributed by atoms with Crippen LogP contribution in [0.2, 0.25) is 0 Å². The van der Waals surface area contributed by atoms with Crippen molar-refractivity contribution in [2.75, 3.05) is 18.0 Å². The fourth-order valence-corrected chi connectivity index (χ4v) is 6.02. The fourth-order valence-electron chi connectivity index (χ4n) is 4.23. The van der Waals surface area contributed by atoms with Crippen LogP contribution in [0.4, 0.5) is 5.69 Å². The van der Waals surface area contributed by atoms with Gasteiger partial charge in [-0.15, -0.1) is 0 Å². The maximum atomic E-state index is 14.1. The van der Waals surface area contributed by atoms with Gasteiger partial charge >= 0.3 is 0 Å². The van der Waals surface area contributed by atoms with E-state index < -0.39 is 28.5 Å². The number of aryl methyl sites for hydroxylation is 1. The normalized spacial score (nSPS) is 12.1. The number of carbonyl (C=O) groups excluding carboxylic acids is 2. The fraction of sp³-hybridized carbons (Fsp3) is 0.333. The molecule has 214 valence electrons. The molecule has 0 saturated heterocycles. The number of rotatable bonds is 12. The lowest BCUT2D eigenvalue weighted by atomic mass is 10.1. The summed E-state index contributed by atoms with van der Waals surface area (Å²) in [5, 5.41) is 2.90. The number of benzene rings is 3. The average molecular weight is 631 g/mol. The summed E-state index contributed by atoms with van der Waals surface area (Å²) in [6.07, 6.45) is 0.349. The molecule has 0 aliphatic heterocycles. The van der Waals surface area contributed by atoms with Crippen LogP contribution in [-0.4, -0.2) is 50.9 Å². The smallest absolute Gasteiger partial charge is 0.264 e. The van der Waals surface area contributed by atoms with Crippen molar-refractivity contribution in [1.29, 1.82) is 0 Å². The number of anilines is 1. The maximum absolute atomic E-state index is 14.1. The number of nitrogens with zero attached hydrogens (tertiary/aromatic N) is 2. The van der Waals surface area contributed by atoms with Crippen LogP contribution in [0, 0.1) is 6.92 Å². The molecule has 3 aromatic carbocycles. The molecule has 10 heteroatoms. The summed E-state index contributed by atoms with van der Waals surface area (Å²) in [6.45, 7) is 7.02. The van der Waals surface area contributed by atoms with Gasteiger partial charge in [-0.3, -0.25) is 13.9 Å². The van der Waals surface area contributed by atoms with Crippen LogP contribution < -0.4 is 14.4 Å². The second-order valence-corrected chi connectivity index (χ2v) is 12.5. The highest BCUT2D eigenvalue weighted by Crippen LogP contribution is 2.27. The van der Waals surface area contributed by atoms with E-state index in [1.165, 1.54) is 17.0 Å². The number of halogens is 1. The first-order valence-electron chi connectivity index (χ1n) is 13.0. The maximum Gasteiger partial charge on any atom is 0.264 e. The summed E-state index contributed by atoms with van der Waals surface area (Å²) in [5.74, 6) is -0.136. The lowest BCUT2D eigenvalue weighted by Gasteiger charge is -2.33. The molecule has 0 radical (unpaired) electrons. The molecule has 1 N–H and O–H groups in total. The number of ether oxygens (including phenoxy) is 1. The molecule has 0 bridgehead atoms. The Hall–Kier alpha value is -3.37. The number of methoxy groups -OCH3 is 1. The minimum atomic E-state index is -4.12. The largest absolute Gasteiger partial charge is 0.497 e. The van der Waals surface area contributed by atoms with Gasteiger partial charge in [0.1, 0.15) is 18.3 Å².